The Hall–Kier alpha value is -3.26. The topological polar surface area (TPSA) is 93.4 Å². The van der Waals surface area contributed by atoms with Crippen molar-refractivity contribution in [2.45, 2.75) is 32.0 Å². The van der Waals surface area contributed by atoms with Crippen LogP contribution in [0.2, 0.25) is 0 Å². The molecule has 0 saturated carbocycles. The lowest BCUT2D eigenvalue weighted by Crippen LogP contribution is -2.38. The molecule has 1 aliphatic heterocycles. The lowest BCUT2D eigenvalue weighted by Gasteiger charge is -2.31. The first-order chi connectivity index (χ1) is 14.3. The smallest absolute Gasteiger partial charge is 0.251 e. The van der Waals surface area contributed by atoms with Gasteiger partial charge in [0.25, 0.3) is 5.91 Å². The highest BCUT2D eigenvalue weighted by Crippen LogP contribution is 2.21. The number of carbonyl (C=O) groups excluding carboxylic acids is 1. The first kappa shape index (κ1) is 19.1. The minimum atomic E-state index is -0.143. The summed E-state index contributed by atoms with van der Waals surface area (Å²) in [7, 11) is 0. The van der Waals surface area contributed by atoms with Crippen LogP contribution in [0.5, 0.6) is 5.75 Å². The Kier molecular flexibility index (Phi) is 6.11. The summed E-state index contributed by atoms with van der Waals surface area (Å²) in [6, 6.07) is 12.9. The highest BCUT2D eigenvalue weighted by molar-refractivity contribution is 5.94. The molecule has 0 unspecified atom stereocenters. The van der Waals surface area contributed by atoms with Crippen molar-refractivity contribution < 1.29 is 14.1 Å². The molecular weight excluding hydrogens is 370 g/mol. The summed E-state index contributed by atoms with van der Waals surface area (Å²) in [4.78, 5) is 23.0. The molecule has 0 spiro atoms. The van der Waals surface area contributed by atoms with Gasteiger partial charge in [0.1, 0.15) is 11.9 Å². The Bertz CT molecular complexity index is 909. The molecule has 0 bridgehead atoms. The minimum absolute atomic E-state index is 0.128. The van der Waals surface area contributed by atoms with E-state index < -0.39 is 0 Å². The van der Waals surface area contributed by atoms with Crippen molar-refractivity contribution in [3.05, 3.63) is 72.1 Å². The Morgan fingerprint density at radius 1 is 1.17 bits per heavy atom. The molecule has 0 aliphatic carbocycles. The highest BCUT2D eigenvalue weighted by atomic mass is 16.5. The summed E-state index contributed by atoms with van der Waals surface area (Å²) in [6.07, 6.45) is 5.01. The second-order valence-corrected chi connectivity index (χ2v) is 6.97. The van der Waals surface area contributed by atoms with Gasteiger partial charge in [0.15, 0.2) is 5.82 Å². The summed E-state index contributed by atoms with van der Waals surface area (Å²) in [5.74, 6) is 1.27. The van der Waals surface area contributed by atoms with Crippen molar-refractivity contribution in [1.82, 2.24) is 25.3 Å². The number of likely N-dealkylation sites (tertiary alicyclic amines) is 1. The van der Waals surface area contributed by atoms with Gasteiger partial charge in [-0.15, -0.1) is 0 Å². The van der Waals surface area contributed by atoms with Crippen LogP contribution in [0.3, 0.4) is 0 Å². The molecule has 1 fully saturated rings. The fourth-order valence-electron chi connectivity index (χ4n) is 3.33. The first-order valence-electron chi connectivity index (χ1n) is 9.69. The van der Waals surface area contributed by atoms with Crippen molar-refractivity contribution in [3.63, 3.8) is 0 Å². The van der Waals surface area contributed by atoms with Gasteiger partial charge >= 0.3 is 0 Å². The van der Waals surface area contributed by atoms with Crippen LogP contribution in [0.25, 0.3) is 0 Å². The van der Waals surface area contributed by atoms with Crippen LogP contribution in [-0.4, -0.2) is 45.1 Å². The van der Waals surface area contributed by atoms with E-state index in [1.54, 1.807) is 18.3 Å². The number of piperidine rings is 1. The second-order valence-electron chi connectivity index (χ2n) is 6.97. The van der Waals surface area contributed by atoms with E-state index in [0.717, 1.165) is 31.6 Å². The number of amides is 1. The van der Waals surface area contributed by atoms with E-state index >= 15 is 0 Å². The Morgan fingerprint density at radius 3 is 2.83 bits per heavy atom. The number of hydrogen-bond acceptors (Lipinski definition) is 7. The monoisotopic (exact) mass is 393 g/mol. The third-order valence-electron chi connectivity index (χ3n) is 4.86. The molecule has 1 amide bonds. The number of carbonyl (C=O) groups is 1. The molecule has 4 rings (SSSR count). The number of ether oxygens (including phenoxy) is 1. The summed E-state index contributed by atoms with van der Waals surface area (Å²) in [5.41, 5.74) is 1.40. The normalized spacial score (nSPS) is 15.2. The molecule has 2 aromatic heterocycles. The van der Waals surface area contributed by atoms with Gasteiger partial charge < -0.3 is 14.6 Å². The largest absolute Gasteiger partial charge is 0.490 e. The number of pyridine rings is 1. The number of benzene rings is 1. The predicted octanol–water partition coefficient (Wildman–Crippen LogP) is 2.44. The molecule has 0 atom stereocenters. The zero-order valence-electron chi connectivity index (χ0n) is 16.0. The van der Waals surface area contributed by atoms with Crippen molar-refractivity contribution in [2.75, 3.05) is 13.1 Å². The summed E-state index contributed by atoms with van der Waals surface area (Å²) in [5, 5.41) is 6.75. The van der Waals surface area contributed by atoms with Crippen LogP contribution in [-0.2, 0) is 13.1 Å². The van der Waals surface area contributed by atoms with Gasteiger partial charge in [0, 0.05) is 24.8 Å². The molecule has 150 valence electrons. The molecule has 1 N–H and O–H groups in total. The Balaban J connectivity index is 1.27. The van der Waals surface area contributed by atoms with Gasteiger partial charge in [-0.1, -0.05) is 17.3 Å². The average Bonchev–Trinajstić information content (AvgIpc) is 3.27. The quantitative estimate of drug-likeness (QED) is 0.659. The standard InChI is InChI=1S/C21H23N5O3/c27-21(23-13-17-5-1-2-9-22-17)16-4-3-6-19(12-16)29-18-7-10-26(11-8-18)14-20-24-15-28-25-20/h1-6,9,12,15,18H,7-8,10-11,13-14H2,(H,23,27). The van der Waals surface area contributed by atoms with Gasteiger partial charge in [0.05, 0.1) is 18.8 Å². The molecular formula is C21H23N5O3. The number of nitrogens with one attached hydrogen (secondary N) is 1. The van der Waals surface area contributed by atoms with E-state index in [-0.39, 0.29) is 12.0 Å². The van der Waals surface area contributed by atoms with Crippen LogP contribution in [0.4, 0.5) is 0 Å². The molecule has 8 nitrogen and oxygen atoms in total. The van der Waals surface area contributed by atoms with Gasteiger partial charge in [-0.25, -0.2) is 0 Å². The van der Waals surface area contributed by atoms with Crippen LogP contribution in [0, 0.1) is 0 Å². The summed E-state index contributed by atoms with van der Waals surface area (Å²) in [6.45, 7) is 2.89. The average molecular weight is 393 g/mol. The highest BCUT2D eigenvalue weighted by Gasteiger charge is 2.22. The zero-order chi connectivity index (χ0) is 19.9. The lowest BCUT2D eigenvalue weighted by atomic mass is 10.1. The minimum Gasteiger partial charge on any atom is -0.490 e. The van der Waals surface area contributed by atoms with Crippen molar-refractivity contribution >= 4 is 5.91 Å². The zero-order valence-corrected chi connectivity index (χ0v) is 16.0. The van der Waals surface area contributed by atoms with Gasteiger partial charge in [-0.2, -0.15) is 4.98 Å². The third kappa shape index (κ3) is 5.39. The van der Waals surface area contributed by atoms with E-state index in [0.29, 0.717) is 30.2 Å². The summed E-state index contributed by atoms with van der Waals surface area (Å²) < 4.78 is 10.9. The number of aromatic nitrogens is 3. The molecule has 3 heterocycles. The van der Waals surface area contributed by atoms with E-state index in [4.69, 9.17) is 9.26 Å². The van der Waals surface area contributed by atoms with E-state index in [1.807, 2.05) is 30.3 Å². The second kappa shape index (κ2) is 9.29. The van der Waals surface area contributed by atoms with Crippen LogP contribution >= 0.6 is 0 Å². The fraction of sp³-hybridized carbons (Fsp3) is 0.333. The van der Waals surface area contributed by atoms with Crippen LogP contribution in [0.1, 0.15) is 34.7 Å². The summed E-state index contributed by atoms with van der Waals surface area (Å²) >= 11 is 0. The SMILES string of the molecule is O=C(NCc1ccccn1)c1cccc(OC2CCN(Cc3ncon3)CC2)c1. The van der Waals surface area contributed by atoms with Crippen LogP contribution in [0.15, 0.2) is 59.6 Å². The van der Waals surface area contributed by atoms with Gasteiger partial charge in [-0.3, -0.25) is 14.7 Å². The number of nitrogens with zero attached hydrogens (tertiary/aromatic N) is 4. The molecule has 8 heteroatoms. The predicted molar refractivity (Wildman–Crippen MR) is 105 cm³/mol. The first-order valence-corrected chi connectivity index (χ1v) is 9.69. The Morgan fingerprint density at radius 2 is 2.07 bits per heavy atom. The van der Waals surface area contributed by atoms with Crippen molar-refractivity contribution in [2.24, 2.45) is 0 Å². The van der Waals surface area contributed by atoms with Crippen LogP contribution < -0.4 is 10.1 Å². The van der Waals surface area contributed by atoms with E-state index in [9.17, 15) is 4.79 Å². The number of rotatable bonds is 7. The maximum absolute atomic E-state index is 12.4. The third-order valence-corrected chi connectivity index (χ3v) is 4.86. The maximum Gasteiger partial charge on any atom is 0.251 e. The van der Waals surface area contributed by atoms with Gasteiger partial charge in [-0.05, 0) is 43.2 Å². The molecule has 29 heavy (non-hydrogen) atoms. The van der Waals surface area contributed by atoms with E-state index in [1.165, 1.54) is 6.39 Å². The molecule has 1 aromatic carbocycles. The van der Waals surface area contributed by atoms with Crippen molar-refractivity contribution in [1.29, 1.82) is 0 Å². The fourth-order valence-corrected chi connectivity index (χ4v) is 3.33. The molecule has 1 aliphatic rings. The Labute approximate surface area is 168 Å². The van der Waals surface area contributed by atoms with Crippen molar-refractivity contribution in [3.8, 4) is 5.75 Å². The number of hydrogen-bond donors (Lipinski definition) is 1. The molecule has 1 saturated heterocycles. The van der Waals surface area contributed by atoms with E-state index in [2.05, 4.69) is 25.3 Å². The lowest BCUT2D eigenvalue weighted by molar-refractivity contribution is 0.0927. The molecule has 0 radical (unpaired) electrons. The van der Waals surface area contributed by atoms with Gasteiger partial charge in [0.2, 0.25) is 6.39 Å². The maximum atomic E-state index is 12.4. The molecule has 3 aromatic rings.